The lowest BCUT2D eigenvalue weighted by Gasteiger charge is -2.21. The number of rotatable bonds is 6. The molecule has 0 saturated heterocycles. The van der Waals surface area contributed by atoms with E-state index in [-0.39, 0.29) is 5.91 Å². The number of halogens is 1. The summed E-state index contributed by atoms with van der Waals surface area (Å²) in [6, 6.07) is 11.5. The number of nitrogens with zero attached hydrogens (tertiary/aromatic N) is 2. The van der Waals surface area contributed by atoms with Crippen LogP contribution < -0.4 is 0 Å². The molecule has 0 radical (unpaired) electrons. The minimum Gasteiger partial charge on any atom is -0.464 e. The summed E-state index contributed by atoms with van der Waals surface area (Å²) in [6.07, 6.45) is 0. The summed E-state index contributed by atoms with van der Waals surface area (Å²) < 4.78 is 5.50. The van der Waals surface area contributed by atoms with E-state index >= 15 is 0 Å². The molecule has 1 aromatic carbocycles. The van der Waals surface area contributed by atoms with Gasteiger partial charge in [0.2, 0.25) is 5.91 Å². The topological polar surface area (TPSA) is 36.7 Å². The molecule has 2 rings (SSSR count). The van der Waals surface area contributed by atoms with Crippen molar-refractivity contribution in [2.75, 3.05) is 20.6 Å². The number of carbonyl (C=O) groups is 1. The van der Waals surface area contributed by atoms with Gasteiger partial charge in [-0.1, -0.05) is 29.8 Å². The molecule has 22 heavy (non-hydrogen) atoms. The lowest BCUT2D eigenvalue weighted by molar-refractivity contribution is -0.131. The summed E-state index contributed by atoms with van der Waals surface area (Å²) in [7, 11) is 3.69. The van der Waals surface area contributed by atoms with Gasteiger partial charge in [0, 0.05) is 18.6 Å². The molecule has 0 N–H and O–H groups in total. The Kier molecular flexibility index (Phi) is 5.63. The van der Waals surface area contributed by atoms with Crippen LogP contribution in [0.15, 0.2) is 40.8 Å². The first-order valence-electron chi connectivity index (χ1n) is 7.17. The zero-order valence-corrected chi connectivity index (χ0v) is 13.9. The van der Waals surface area contributed by atoms with Crippen molar-refractivity contribution in [3.05, 3.63) is 58.5 Å². The number of amides is 1. The molecule has 0 aliphatic carbocycles. The Morgan fingerprint density at radius 2 is 1.86 bits per heavy atom. The van der Waals surface area contributed by atoms with Crippen LogP contribution in [0, 0.1) is 6.92 Å². The molecule has 1 aromatic heterocycles. The lowest BCUT2D eigenvalue weighted by Crippen LogP contribution is -2.36. The molecule has 0 saturated carbocycles. The predicted molar refractivity (Wildman–Crippen MR) is 87.7 cm³/mol. The van der Waals surface area contributed by atoms with Gasteiger partial charge in [0.1, 0.15) is 11.5 Å². The van der Waals surface area contributed by atoms with Gasteiger partial charge in [-0.25, -0.2) is 0 Å². The predicted octanol–water partition coefficient (Wildman–Crippen LogP) is 3.33. The van der Waals surface area contributed by atoms with Gasteiger partial charge in [0.05, 0.1) is 13.1 Å². The number of benzene rings is 1. The standard InChI is InChI=1S/C17H21ClN2O2/c1-13-8-9-15(22-13)11-20(3)17(21)12-19(2)10-14-6-4-5-7-16(14)18/h4-9H,10-12H2,1-3H3. The molecule has 0 unspecified atom stereocenters. The van der Waals surface area contributed by atoms with Crippen molar-refractivity contribution in [1.82, 2.24) is 9.80 Å². The van der Waals surface area contributed by atoms with Crippen LogP contribution in [0.4, 0.5) is 0 Å². The van der Waals surface area contributed by atoms with E-state index in [1.807, 2.05) is 55.3 Å². The van der Waals surface area contributed by atoms with Crippen LogP contribution >= 0.6 is 11.6 Å². The number of furan rings is 1. The van der Waals surface area contributed by atoms with E-state index in [4.69, 9.17) is 16.0 Å². The highest BCUT2D eigenvalue weighted by molar-refractivity contribution is 6.31. The molecule has 118 valence electrons. The second-order valence-corrected chi connectivity index (χ2v) is 5.93. The molecule has 2 aromatic rings. The summed E-state index contributed by atoms with van der Waals surface area (Å²) in [5.41, 5.74) is 1.02. The monoisotopic (exact) mass is 320 g/mol. The summed E-state index contributed by atoms with van der Waals surface area (Å²) in [6.45, 7) is 3.34. The summed E-state index contributed by atoms with van der Waals surface area (Å²) in [5.74, 6) is 1.69. The maximum absolute atomic E-state index is 12.2. The van der Waals surface area contributed by atoms with Crippen molar-refractivity contribution < 1.29 is 9.21 Å². The Labute approximate surface area is 136 Å². The van der Waals surface area contributed by atoms with Gasteiger partial charge in [0.25, 0.3) is 0 Å². The molecule has 0 spiro atoms. The molecule has 1 amide bonds. The van der Waals surface area contributed by atoms with E-state index in [2.05, 4.69) is 0 Å². The normalized spacial score (nSPS) is 11.0. The fourth-order valence-corrected chi connectivity index (χ4v) is 2.41. The fourth-order valence-electron chi connectivity index (χ4n) is 2.22. The molecule has 0 aliphatic rings. The Morgan fingerprint density at radius 1 is 1.14 bits per heavy atom. The maximum Gasteiger partial charge on any atom is 0.236 e. The van der Waals surface area contributed by atoms with Gasteiger partial charge >= 0.3 is 0 Å². The number of carbonyl (C=O) groups excluding carboxylic acids is 1. The van der Waals surface area contributed by atoms with E-state index in [0.717, 1.165) is 22.1 Å². The summed E-state index contributed by atoms with van der Waals surface area (Å²) in [4.78, 5) is 15.9. The first-order valence-corrected chi connectivity index (χ1v) is 7.54. The number of aryl methyl sites for hydroxylation is 1. The highest BCUT2D eigenvalue weighted by Gasteiger charge is 2.14. The van der Waals surface area contributed by atoms with E-state index in [1.54, 1.807) is 11.9 Å². The zero-order chi connectivity index (χ0) is 16.1. The first kappa shape index (κ1) is 16.6. The van der Waals surface area contributed by atoms with Crippen LogP contribution in [-0.2, 0) is 17.9 Å². The van der Waals surface area contributed by atoms with Crippen molar-refractivity contribution >= 4 is 17.5 Å². The lowest BCUT2D eigenvalue weighted by atomic mass is 10.2. The minimum atomic E-state index is 0.0450. The van der Waals surface area contributed by atoms with Gasteiger partial charge < -0.3 is 9.32 Å². The average molecular weight is 321 g/mol. The van der Waals surface area contributed by atoms with E-state index in [9.17, 15) is 4.79 Å². The minimum absolute atomic E-state index is 0.0450. The van der Waals surface area contributed by atoms with Crippen LogP contribution in [0.3, 0.4) is 0 Å². The van der Waals surface area contributed by atoms with Crippen molar-refractivity contribution in [1.29, 1.82) is 0 Å². The molecule has 4 nitrogen and oxygen atoms in total. The van der Waals surface area contributed by atoms with Crippen LogP contribution in [0.1, 0.15) is 17.1 Å². The second-order valence-electron chi connectivity index (χ2n) is 5.53. The third-order valence-corrected chi connectivity index (χ3v) is 3.79. The van der Waals surface area contributed by atoms with Crippen LogP contribution in [0.25, 0.3) is 0 Å². The zero-order valence-electron chi connectivity index (χ0n) is 13.2. The number of hydrogen-bond acceptors (Lipinski definition) is 3. The van der Waals surface area contributed by atoms with Gasteiger partial charge in [-0.15, -0.1) is 0 Å². The highest BCUT2D eigenvalue weighted by atomic mass is 35.5. The largest absolute Gasteiger partial charge is 0.464 e. The van der Waals surface area contributed by atoms with Crippen LogP contribution in [-0.4, -0.2) is 36.3 Å². The van der Waals surface area contributed by atoms with E-state index in [0.29, 0.717) is 19.6 Å². The van der Waals surface area contributed by atoms with E-state index in [1.165, 1.54) is 0 Å². The van der Waals surface area contributed by atoms with Crippen LogP contribution in [0.5, 0.6) is 0 Å². The average Bonchev–Trinajstić information content (AvgIpc) is 2.86. The molecular formula is C17H21ClN2O2. The molecule has 0 fully saturated rings. The second kappa shape index (κ2) is 7.47. The Morgan fingerprint density at radius 3 is 2.50 bits per heavy atom. The van der Waals surface area contributed by atoms with Crippen molar-refractivity contribution in [3.63, 3.8) is 0 Å². The SMILES string of the molecule is Cc1ccc(CN(C)C(=O)CN(C)Cc2ccccc2Cl)o1. The Balaban J connectivity index is 1.86. The first-order chi connectivity index (χ1) is 10.5. The van der Waals surface area contributed by atoms with Gasteiger partial charge in [-0.05, 0) is 37.7 Å². The number of likely N-dealkylation sites (N-methyl/N-ethyl adjacent to an activating group) is 2. The van der Waals surface area contributed by atoms with Crippen molar-refractivity contribution in [3.8, 4) is 0 Å². The molecule has 0 aliphatic heterocycles. The smallest absolute Gasteiger partial charge is 0.236 e. The molecule has 0 atom stereocenters. The Hall–Kier alpha value is -1.78. The van der Waals surface area contributed by atoms with Gasteiger partial charge in [-0.2, -0.15) is 0 Å². The van der Waals surface area contributed by atoms with Gasteiger partial charge in [0.15, 0.2) is 0 Å². The summed E-state index contributed by atoms with van der Waals surface area (Å²) in [5, 5.41) is 0.723. The molecule has 0 bridgehead atoms. The third-order valence-electron chi connectivity index (χ3n) is 3.42. The quantitative estimate of drug-likeness (QED) is 0.819. The van der Waals surface area contributed by atoms with Gasteiger partial charge in [-0.3, -0.25) is 9.69 Å². The Bertz CT molecular complexity index is 639. The fraction of sp³-hybridized carbons (Fsp3) is 0.353. The van der Waals surface area contributed by atoms with E-state index < -0.39 is 0 Å². The number of hydrogen-bond donors (Lipinski definition) is 0. The summed E-state index contributed by atoms with van der Waals surface area (Å²) >= 11 is 6.14. The highest BCUT2D eigenvalue weighted by Crippen LogP contribution is 2.16. The maximum atomic E-state index is 12.2. The van der Waals surface area contributed by atoms with Crippen molar-refractivity contribution in [2.24, 2.45) is 0 Å². The third kappa shape index (κ3) is 4.61. The van der Waals surface area contributed by atoms with Crippen LogP contribution in [0.2, 0.25) is 5.02 Å². The van der Waals surface area contributed by atoms with Crippen molar-refractivity contribution in [2.45, 2.75) is 20.0 Å². The molecular weight excluding hydrogens is 300 g/mol. The molecule has 1 heterocycles. The molecule has 5 heteroatoms.